The number of piperidine rings is 1. The minimum atomic E-state index is 0.434. The molecule has 5 rings (SSSR count). The summed E-state index contributed by atoms with van der Waals surface area (Å²) in [5.41, 5.74) is 0. The summed E-state index contributed by atoms with van der Waals surface area (Å²) in [5.74, 6) is 4.09. The second-order valence-corrected chi connectivity index (χ2v) is 7.49. The molecule has 0 radical (unpaired) electrons. The molecule has 5 fully saturated rings. The molecule has 1 aliphatic heterocycles. The maximum absolute atomic E-state index is 12.4. The van der Waals surface area contributed by atoms with Gasteiger partial charge in [-0.2, -0.15) is 0 Å². The first kappa shape index (κ1) is 12.2. The van der Waals surface area contributed by atoms with E-state index in [0.717, 1.165) is 43.1 Å². The minimum Gasteiger partial charge on any atom is -0.338 e. The second-order valence-electron chi connectivity index (χ2n) is 7.49. The van der Waals surface area contributed by atoms with Gasteiger partial charge in [0.2, 0.25) is 5.91 Å². The van der Waals surface area contributed by atoms with Crippen LogP contribution in [-0.2, 0) is 4.79 Å². The molecule has 4 bridgehead atoms. The molecule has 0 aromatic carbocycles. The van der Waals surface area contributed by atoms with Gasteiger partial charge in [0, 0.05) is 25.0 Å². The van der Waals surface area contributed by atoms with Crippen LogP contribution in [0.4, 0.5) is 0 Å². The van der Waals surface area contributed by atoms with Gasteiger partial charge in [-0.1, -0.05) is 0 Å². The largest absolute Gasteiger partial charge is 0.338 e. The van der Waals surface area contributed by atoms with E-state index in [4.69, 9.17) is 0 Å². The zero-order valence-electron chi connectivity index (χ0n) is 12.0. The van der Waals surface area contributed by atoms with Crippen LogP contribution in [0.5, 0.6) is 0 Å². The van der Waals surface area contributed by atoms with E-state index >= 15 is 0 Å². The van der Waals surface area contributed by atoms with E-state index in [1.54, 1.807) is 0 Å². The van der Waals surface area contributed by atoms with Crippen LogP contribution < -0.4 is 5.32 Å². The molecule has 1 saturated heterocycles. The van der Waals surface area contributed by atoms with Crippen LogP contribution >= 0.6 is 0 Å². The molecule has 106 valence electrons. The normalized spacial score (nSPS) is 48.9. The molecule has 0 spiro atoms. The number of carbonyl (C=O) groups excluding carboxylic acids is 1. The van der Waals surface area contributed by atoms with Gasteiger partial charge in [-0.05, 0) is 69.2 Å². The van der Waals surface area contributed by atoms with Crippen molar-refractivity contribution >= 4 is 5.91 Å². The highest BCUT2D eigenvalue weighted by Gasteiger charge is 2.51. The van der Waals surface area contributed by atoms with E-state index in [-0.39, 0.29) is 0 Å². The first-order valence-corrected chi connectivity index (χ1v) is 8.21. The fourth-order valence-electron chi connectivity index (χ4n) is 5.80. The van der Waals surface area contributed by atoms with Crippen molar-refractivity contribution in [2.24, 2.45) is 23.7 Å². The molecular weight excluding hydrogens is 236 g/mol. The van der Waals surface area contributed by atoms with Crippen molar-refractivity contribution in [1.29, 1.82) is 0 Å². The molecule has 0 aromatic rings. The van der Waals surface area contributed by atoms with Crippen LogP contribution in [-0.4, -0.2) is 36.5 Å². The van der Waals surface area contributed by atoms with Crippen LogP contribution in [0.3, 0.4) is 0 Å². The minimum absolute atomic E-state index is 0.434. The molecule has 3 heteroatoms. The van der Waals surface area contributed by atoms with Crippen LogP contribution in [0.2, 0.25) is 0 Å². The SMILES string of the molecule is CNC1CCC(=O)N(C2C3CC4CC(C3)CC2C4)C1. The van der Waals surface area contributed by atoms with Gasteiger partial charge in [-0.25, -0.2) is 0 Å². The number of hydrogen-bond acceptors (Lipinski definition) is 2. The monoisotopic (exact) mass is 262 g/mol. The quantitative estimate of drug-likeness (QED) is 0.826. The van der Waals surface area contributed by atoms with E-state index < -0.39 is 0 Å². The van der Waals surface area contributed by atoms with E-state index in [1.807, 2.05) is 7.05 Å². The summed E-state index contributed by atoms with van der Waals surface area (Å²) in [5, 5.41) is 3.38. The van der Waals surface area contributed by atoms with Crippen molar-refractivity contribution in [3.63, 3.8) is 0 Å². The highest BCUT2D eigenvalue weighted by atomic mass is 16.2. The molecule has 4 saturated carbocycles. The Balaban J connectivity index is 1.56. The lowest BCUT2D eigenvalue weighted by Gasteiger charge is -2.58. The number of rotatable bonds is 2. The molecule has 1 amide bonds. The zero-order valence-corrected chi connectivity index (χ0v) is 12.0. The van der Waals surface area contributed by atoms with Crippen LogP contribution in [0, 0.1) is 23.7 Å². The Morgan fingerprint density at radius 3 is 2.26 bits per heavy atom. The summed E-state index contributed by atoms with van der Waals surface area (Å²) in [6.45, 7) is 0.961. The second kappa shape index (κ2) is 4.47. The van der Waals surface area contributed by atoms with Crippen molar-refractivity contribution in [1.82, 2.24) is 10.2 Å². The topological polar surface area (TPSA) is 32.3 Å². The van der Waals surface area contributed by atoms with Crippen molar-refractivity contribution in [3.8, 4) is 0 Å². The number of nitrogens with one attached hydrogen (secondary N) is 1. The first-order chi connectivity index (χ1) is 9.24. The molecule has 1 N–H and O–H groups in total. The molecule has 1 atom stereocenters. The van der Waals surface area contributed by atoms with E-state index in [0.29, 0.717) is 18.0 Å². The Bertz CT molecular complexity index is 353. The number of likely N-dealkylation sites (N-methyl/N-ethyl adjacent to an activating group) is 1. The molecular formula is C16H26N2O. The van der Waals surface area contributed by atoms with Gasteiger partial charge in [0.1, 0.15) is 0 Å². The van der Waals surface area contributed by atoms with Crippen molar-refractivity contribution in [2.75, 3.05) is 13.6 Å². The molecule has 5 aliphatic rings. The summed E-state index contributed by atoms with van der Waals surface area (Å²) >= 11 is 0. The summed E-state index contributed by atoms with van der Waals surface area (Å²) < 4.78 is 0. The van der Waals surface area contributed by atoms with Gasteiger partial charge < -0.3 is 10.2 Å². The Morgan fingerprint density at radius 2 is 1.68 bits per heavy atom. The summed E-state index contributed by atoms with van der Waals surface area (Å²) in [6.07, 6.45) is 8.91. The van der Waals surface area contributed by atoms with E-state index in [9.17, 15) is 4.79 Å². The molecule has 19 heavy (non-hydrogen) atoms. The highest BCUT2D eigenvalue weighted by molar-refractivity contribution is 5.77. The number of carbonyl (C=O) groups is 1. The summed E-state index contributed by atoms with van der Waals surface area (Å²) in [4.78, 5) is 14.7. The third-order valence-electron chi connectivity index (χ3n) is 6.39. The van der Waals surface area contributed by atoms with Crippen molar-refractivity contribution < 1.29 is 4.79 Å². The Labute approximate surface area is 116 Å². The Hall–Kier alpha value is -0.570. The van der Waals surface area contributed by atoms with Crippen LogP contribution in [0.1, 0.15) is 44.9 Å². The Morgan fingerprint density at radius 1 is 1.05 bits per heavy atom. The average Bonchev–Trinajstić information content (AvgIpc) is 2.39. The van der Waals surface area contributed by atoms with Crippen LogP contribution in [0.15, 0.2) is 0 Å². The predicted molar refractivity (Wildman–Crippen MR) is 74.6 cm³/mol. The molecule has 4 aliphatic carbocycles. The lowest BCUT2D eigenvalue weighted by molar-refractivity contribution is -0.147. The average molecular weight is 262 g/mol. The van der Waals surface area contributed by atoms with Crippen LogP contribution in [0.25, 0.3) is 0 Å². The van der Waals surface area contributed by atoms with E-state index in [1.165, 1.54) is 32.1 Å². The maximum atomic E-state index is 12.4. The van der Waals surface area contributed by atoms with Gasteiger partial charge in [0.25, 0.3) is 0 Å². The molecule has 3 nitrogen and oxygen atoms in total. The maximum Gasteiger partial charge on any atom is 0.222 e. The lowest BCUT2D eigenvalue weighted by Crippen LogP contribution is -2.61. The fourth-order valence-corrected chi connectivity index (χ4v) is 5.80. The first-order valence-electron chi connectivity index (χ1n) is 8.21. The number of likely N-dealkylation sites (tertiary alicyclic amines) is 1. The summed E-state index contributed by atoms with van der Waals surface area (Å²) in [7, 11) is 2.04. The third-order valence-corrected chi connectivity index (χ3v) is 6.39. The summed E-state index contributed by atoms with van der Waals surface area (Å²) in [6, 6.07) is 1.12. The van der Waals surface area contributed by atoms with Gasteiger partial charge >= 0.3 is 0 Å². The highest BCUT2D eigenvalue weighted by Crippen LogP contribution is 2.55. The molecule has 0 aromatic heterocycles. The molecule has 1 heterocycles. The zero-order chi connectivity index (χ0) is 13.0. The van der Waals surface area contributed by atoms with Gasteiger partial charge in [0.15, 0.2) is 0 Å². The Kier molecular flexibility index (Phi) is 2.87. The van der Waals surface area contributed by atoms with Gasteiger partial charge in [-0.3, -0.25) is 4.79 Å². The molecule has 1 unspecified atom stereocenters. The number of nitrogens with zero attached hydrogens (tertiary/aromatic N) is 1. The standard InChI is InChI=1S/C16H26N2O/c1-17-14-2-3-15(19)18(9-14)16-12-5-10-4-11(7-12)8-13(16)6-10/h10-14,16-17H,2-9H2,1H3. The van der Waals surface area contributed by atoms with Gasteiger partial charge in [0.05, 0.1) is 0 Å². The van der Waals surface area contributed by atoms with E-state index in [2.05, 4.69) is 10.2 Å². The number of amides is 1. The lowest BCUT2D eigenvalue weighted by atomic mass is 9.53. The predicted octanol–water partition coefficient (Wildman–Crippen LogP) is 2.02. The number of hydrogen-bond donors (Lipinski definition) is 1. The smallest absolute Gasteiger partial charge is 0.222 e. The third kappa shape index (κ3) is 1.93. The van der Waals surface area contributed by atoms with Crippen molar-refractivity contribution in [2.45, 2.75) is 57.0 Å². The van der Waals surface area contributed by atoms with Crippen molar-refractivity contribution in [3.05, 3.63) is 0 Å². The fraction of sp³-hybridized carbons (Fsp3) is 0.938. The van der Waals surface area contributed by atoms with Gasteiger partial charge in [-0.15, -0.1) is 0 Å².